The Balaban J connectivity index is 2.87. The lowest BCUT2D eigenvalue weighted by Crippen LogP contribution is -2.27. The number of aliphatic carboxylic acids is 1. The van der Waals surface area contributed by atoms with Gasteiger partial charge in [-0.15, -0.1) is 0 Å². The van der Waals surface area contributed by atoms with Crippen LogP contribution in [0.25, 0.3) is 0 Å². The highest BCUT2D eigenvalue weighted by Gasteiger charge is 2.19. The van der Waals surface area contributed by atoms with Gasteiger partial charge in [0.15, 0.2) is 6.10 Å². The third-order valence-electron chi connectivity index (χ3n) is 2.23. The van der Waals surface area contributed by atoms with Gasteiger partial charge in [-0.1, -0.05) is 13.3 Å². The van der Waals surface area contributed by atoms with Crippen LogP contribution < -0.4 is 10.5 Å². The second kappa shape index (κ2) is 5.75. The molecule has 0 aliphatic rings. The number of nitrogens with zero attached hydrogens (tertiary/aromatic N) is 1. The Bertz CT molecular complexity index is 452. The maximum Gasteiger partial charge on any atom is 0.344 e. The lowest BCUT2D eigenvalue weighted by atomic mass is 10.2. The SMILES string of the molecule is CCCC(Oc1ccc(C#N)cc1N)C(=O)O. The quantitative estimate of drug-likeness (QED) is 0.757. The molecule has 3 N–H and O–H groups in total. The molecule has 0 aromatic heterocycles. The van der Waals surface area contributed by atoms with E-state index < -0.39 is 12.1 Å². The van der Waals surface area contributed by atoms with Gasteiger partial charge in [-0.05, 0) is 24.6 Å². The van der Waals surface area contributed by atoms with E-state index in [1.54, 1.807) is 0 Å². The fourth-order valence-corrected chi connectivity index (χ4v) is 1.37. The normalized spacial score (nSPS) is 11.5. The number of anilines is 1. The number of ether oxygens (including phenoxy) is 1. The molecule has 5 nitrogen and oxygen atoms in total. The minimum absolute atomic E-state index is 0.270. The zero-order valence-electron chi connectivity index (χ0n) is 9.51. The third-order valence-corrected chi connectivity index (χ3v) is 2.23. The predicted octanol–water partition coefficient (Wildman–Crippen LogP) is 1.77. The summed E-state index contributed by atoms with van der Waals surface area (Å²) in [5.74, 6) is -0.722. The van der Waals surface area contributed by atoms with E-state index >= 15 is 0 Å². The Morgan fingerprint density at radius 1 is 1.65 bits per heavy atom. The van der Waals surface area contributed by atoms with Gasteiger partial charge in [-0.3, -0.25) is 0 Å². The van der Waals surface area contributed by atoms with Gasteiger partial charge >= 0.3 is 5.97 Å². The van der Waals surface area contributed by atoms with Gasteiger partial charge < -0.3 is 15.6 Å². The van der Waals surface area contributed by atoms with E-state index in [4.69, 9.17) is 20.8 Å². The highest BCUT2D eigenvalue weighted by molar-refractivity contribution is 5.73. The number of carboxylic acid groups (broad SMARTS) is 1. The van der Waals surface area contributed by atoms with Gasteiger partial charge in [-0.2, -0.15) is 5.26 Å². The summed E-state index contributed by atoms with van der Waals surface area (Å²) in [6, 6.07) is 6.45. The Morgan fingerprint density at radius 3 is 2.82 bits per heavy atom. The highest BCUT2D eigenvalue weighted by Crippen LogP contribution is 2.24. The van der Waals surface area contributed by atoms with Crippen LogP contribution in [0.1, 0.15) is 25.3 Å². The summed E-state index contributed by atoms with van der Waals surface area (Å²) in [6.07, 6.45) is 0.206. The first-order chi connectivity index (χ1) is 8.08. The lowest BCUT2D eigenvalue weighted by molar-refractivity contribution is -0.145. The van der Waals surface area contributed by atoms with Crippen LogP contribution in [0.3, 0.4) is 0 Å². The average molecular weight is 234 g/mol. The Labute approximate surface area is 99.4 Å². The van der Waals surface area contributed by atoms with Crippen LogP contribution in [-0.4, -0.2) is 17.2 Å². The first kappa shape index (κ1) is 12.8. The molecule has 1 unspecified atom stereocenters. The number of nitriles is 1. The van der Waals surface area contributed by atoms with Crippen molar-refractivity contribution >= 4 is 11.7 Å². The molecule has 0 aliphatic carbocycles. The zero-order chi connectivity index (χ0) is 12.8. The van der Waals surface area contributed by atoms with Crippen LogP contribution in [0.4, 0.5) is 5.69 Å². The summed E-state index contributed by atoms with van der Waals surface area (Å²) >= 11 is 0. The zero-order valence-corrected chi connectivity index (χ0v) is 9.51. The molecule has 0 spiro atoms. The van der Waals surface area contributed by atoms with Gasteiger partial charge in [0.25, 0.3) is 0 Å². The molecule has 1 aromatic carbocycles. The molecule has 0 fully saturated rings. The first-order valence-corrected chi connectivity index (χ1v) is 5.27. The van der Waals surface area contributed by atoms with Crippen LogP contribution in [0.5, 0.6) is 5.75 Å². The van der Waals surface area contributed by atoms with Crippen molar-refractivity contribution in [3.05, 3.63) is 23.8 Å². The van der Waals surface area contributed by atoms with Crippen LogP contribution in [0, 0.1) is 11.3 Å². The van der Waals surface area contributed by atoms with Gasteiger partial charge in [0.05, 0.1) is 17.3 Å². The van der Waals surface area contributed by atoms with Gasteiger partial charge in [0.2, 0.25) is 0 Å². The van der Waals surface area contributed by atoms with E-state index in [-0.39, 0.29) is 5.69 Å². The molecule has 0 aliphatic heterocycles. The minimum Gasteiger partial charge on any atom is -0.479 e. The van der Waals surface area contributed by atoms with E-state index in [9.17, 15) is 4.79 Å². The van der Waals surface area contributed by atoms with E-state index in [0.29, 0.717) is 24.2 Å². The smallest absolute Gasteiger partial charge is 0.344 e. The van der Waals surface area contributed by atoms with Gasteiger partial charge in [0, 0.05) is 0 Å². The van der Waals surface area contributed by atoms with Crippen LogP contribution in [-0.2, 0) is 4.79 Å². The topological polar surface area (TPSA) is 96.3 Å². The number of nitrogens with two attached hydrogens (primary N) is 1. The van der Waals surface area contributed by atoms with Crippen molar-refractivity contribution in [3.63, 3.8) is 0 Å². The fraction of sp³-hybridized carbons (Fsp3) is 0.333. The maximum absolute atomic E-state index is 10.9. The Kier molecular flexibility index (Phi) is 4.35. The average Bonchev–Trinajstić information content (AvgIpc) is 2.30. The molecule has 0 radical (unpaired) electrons. The van der Waals surface area contributed by atoms with Gasteiger partial charge in [0.1, 0.15) is 5.75 Å². The van der Waals surface area contributed by atoms with Crippen LogP contribution in [0.2, 0.25) is 0 Å². The van der Waals surface area contributed by atoms with Crippen LogP contribution >= 0.6 is 0 Å². The summed E-state index contributed by atoms with van der Waals surface area (Å²) in [5, 5.41) is 17.6. The molecule has 0 heterocycles. The summed E-state index contributed by atoms with van der Waals surface area (Å²) < 4.78 is 5.31. The van der Waals surface area contributed by atoms with E-state index in [1.165, 1.54) is 18.2 Å². The molecular weight excluding hydrogens is 220 g/mol. The third kappa shape index (κ3) is 3.38. The Hall–Kier alpha value is -2.22. The minimum atomic E-state index is -1.02. The van der Waals surface area contributed by atoms with Gasteiger partial charge in [-0.25, -0.2) is 4.79 Å². The first-order valence-electron chi connectivity index (χ1n) is 5.27. The molecule has 90 valence electrons. The van der Waals surface area contributed by atoms with Crippen molar-refractivity contribution in [1.82, 2.24) is 0 Å². The van der Waals surface area contributed by atoms with Crippen LogP contribution in [0.15, 0.2) is 18.2 Å². The number of hydrogen-bond donors (Lipinski definition) is 2. The summed E-state index contributed by atoms with van der Waals surface area (Å²) in [6.45, 7) is 1.88. The standard InChI is InChI=1S/C12H14N2O3/c1-2-3-11(12(15)16)17-10-5-4-8(7-13)6-9(10)14/h4-6,11H,2-3,14H2,1H3,(H,15,16). The molecular formula is C12H14N2O3. The summed E-state index contributed by atoms with van der Waals surface area (Å²) in [7, 11) is 0. The number of rotatable bonds is 5. The molecule has 1 aromatic rings. The monoisotopic (exact) mass is 234 g/mol. The van der Waals surface area contributed by atoms with E-state index in [2.05, 4.69) is 0 Å². The van der Waals surface area contributed by atoms with Crippen molar-refractivity contribution in [3.8, 4) is 11.8 Å². The highest BCUT2D eigenvalue weighted by atomic mass is 16.5. The second-order valence-corrected chi connectivity index (χ2v) is 3.60. The van der Waals surface area contributed by atoms with Crippen molar-refractivity contribution < 1.29 is 14.6 Å². The second-order valence-electron chi connectivity index (χ2n) is 3.60. The molecule has 0 saturated heterocycles. The molecule has 0 saturated carbocycles. The van der Waals surface area contributed by atoms with Crippen molar-refractivity contribution in [2.45, 2.75) is 25.9 Å². The predicted molar refractivity (Wildman–Crippen MR) is 62.5 cm³/mol. The Morgan fingerprint density at radius 2 is 2.35 bits per heavy atom. The summed E-state index contributed by atoms with van der Waals surface area (Å²) in [4.78, 5) is 10.9. The number of benzene rings is 1. The largest absolute Gasteiger partial charge is 0.479 e. The molecule has 1 rings (SSSR count). The lowest BCUT2D eigenvalue weighted by Gasteiger charge is -2.15. The number of hydrogen-bond acceptors (Lipinski definition) is 4. The maximum atomic E-state index is 10.9. The number of carboxylic acids is 1. The summed E-state index contributed by atoms with van der Waals surface area (Å²) in [5.41, 5.74) is 6.36. The molecule has 0 amide bonds. The molecule has 0 bridgehead atoms. The number of carbonyl (C=O) groups is 1. The van der Waals surface area contributed by atoms with E-state index in [1.807, 2.05) is 13.0 Å². The van der Waals surface area contributed by atoms with Crippen molar-refractivity contribution in [1.29, 1.82) is 5.26 Å². The fourth-order valence-electron chi connectivity index (χ4n) is 1.37. The van der Waals surface area contributed by atoms with Crippen molar-refractivity contribution in [2.24, 2.45) is 0 Å². The molecule has 5 heteroatoms. The number of nitrogen functional groups attached to an aromatic ring is 1. The molecule has 1 atom stereocenters. The van der Waals surface area contributed by atoms with Crippen molar-refractivity contribution in [2.75, 3.05) is 5.73 Å². The molecule has 17 heavy (non-hydrogen) atoms. The van der Waals surface area contributed by atoms with E-state index in [0.717, 1.165) is 0 Å².